The number of likely N-dealkylation sites (tertiary alicyclic amines) is 1. The van der Waals surface area contributed by atoms with Crippen LogP contribution in [0.5, 0.6) is 0 Å². The smallest absolute Gasteiger partial charge is 0.248 e. The SMILES string of the molecule is FC1(F)CCCC(CN2C[C@H]3CNC[C@H]3C2)C1. The molecular weight excluding hydrogens is 222 g/mol. The van der Waals surface area contributed by atoms with Crippen molar-refractivity contribution in [3.8, 4) is 0 Å². The molecule has 0 aromatic carbocycles. The minimum Gasteiger partial charge on any atom is -0.316 e. The van der Waals surface area contributed by atoms with Crippen LogP contribution in [0, 0.1) is 17.8 Å². The summed E-state index contributed by atoms with van der Waals surface area (Å²) in [6, 6.07) is 0. The highest BCUT2D eigenvalue weighted by atomic mass is 19.3. The fourth-order valence-electron chi connectivity index (χ4n) is 3.90. The molecule has 0 aromatic heterocycles. The van der Waals surface area contributed by atoms with Crippen molar-refractivity contribution in [2.24, 2.45) is 17.8 Å². The first-order valence-electron chi connectivity index (χ1n) is 6.93. The average Bonchev–Trinajstić information content (AvgIpc) is 2.75. The highest BCUT2D eigenvalue weighted by molar-refractivity contribution is 4.92. The lowest BCUT2D eigenvalue weighted by molar-refractivity contribution is -0.0563. The second kappa shape index (κ2) is 4.47. The monoisotopic (exact) mass is 244 g/mol. The maximum absolute atomic E-state index is 13.3. The summed E-state index contributed by atoms with van der Waals surface area (Å²) in [6.45, 7) is 5.41. The van der Waals surface area contributed by atoms with E-state index in [1.807, 2.05) is 0 Å². The van der Waals surface area contributed by atoms with Crippen LogP contribution in [0.15, 0.2) is 0 Å². The molecule has 2 aliphatic heterocycles. The summed E-state index contributed by atoms with van der Waals surface area (Å²) in [7, 11) is 0. The third kappa shape index (κ3) is 2.63. The Bertz CT molecular complexity index is 271. The van der Waals surface area contributed by atoms with E-state index < -0.39 is 5.92 Å². The molecule has 1 N–H and O–H groups in total. The van der Waals surface area contributed by atoms with Gasteiger partial charge in [0, 0.05) is 32.5 Å². The van der Waals surface area contributed by atoms with E-state index in [1.165, 1.54) is 0 Å². The summed E-state index contributed by atoms with van der Waals surface area (Å²) >= 11 is 0. The van der Waals surface area contributed by atoms with Gasteiger partial charge < -0.3 is 10.2 Å². The number of fused-ring (bicyclic) bond motifs is 1. The molecule has 3 aliphatic rings. The third-order valence-corrected chi connectivity index (χ3v) is 4.72. The zero-order valence-corrected chi connectivity index (χ0v) is 10.3. The third-order valence-electron chi connectivity index (χ3n) is 4.72. The summed E-state index contributed by atoms with van der Waals surface area (Å²) in [5, 5.41) is 3.41. The molecule has 98 valence electrons. The van der Waals surface area contributed by atoms with Crippen molar-refractivity contribution in [1.29, 1.82) is 0 Å². The maximum Gasteiger partial charge on any atom is 0.248 e. The lowest BCUT2D eigenvalue weighted by Gasteiger charge is -2.31. The Hall–Kier alpha value is -0.220. The first-order chi connectivity index (χ1) is 8.12. The molecule has 1 aliphatic carbocycles. The number of rotatable bonds is 2. The van der Waals surface area contributed by atoms with Crippen LogP contribution in [-0.4, -0.2) is 43.5 Å². The standard InChI is InChI=1S/C13H22F2N2/c14-13(15)3-1-2-10(4-13)7-17-8-11-5-16-6-12(11)9-17/h10-12,16H,1-9H2/t10?,11-,12+. The van der Waals surface area contributed by atoms with E-state index in [9.17, 15) is 8.78 Å². The molecule has 17 heavy (non-hydrogen) atoms. The van der Waals surface area contributed by atoms with Crippen molar-refractivity contribution in [1.82, 2.24) is 10.2 Å². The molecule has 0 amide bonds. The van der Waals surface area contributed by atoms with E-state index >= 15 is 0 Å². The Balaban J connectivity index is 1.51. The molecule has 3 fully saturated rings. The zero-order chi connectivity index (χ0) is 11.9. The highest BCUT2D eigenvalue weighted by Crippen LogP contribution is 2.38. The lowest BCUT2D eigenvalue weighted by Crippen LogP contribution is -2.35. The van der Waals surface area contributed by atoms with E-state index in [4.69, 9.17) is 0 Å². The number of halogens is 2. The van der Waals surface area contributed by atoms with Gasteiger partial charge in [0.2, 0.25) is 5.92 Å². The van der Waals surface area contributed by atoms with Gasteiger partial charge >= 0.3 is 0 Å². The van der Waals surface area contributed by atoms with Gasteiger partial charge in [-0.25, -0.2) is 8.78 Å². The summed E-state index contributed by atoms with van der Waals surface area (Å²) in [6.07, 6.45) is 1.94. The number of nitrogens with zero attached hydrogens (tertiary/aromatic N) is 1. The van der Waals surface area contributed by atoms with Crippen molar-refractivity contribution in [3.63, 3.8) is 0 Å². The van der Waals surface area contributed by atoms with Crippen LogP contribution >= 0.6 is 0 Å². The number of alkyl halides is 2. The predicted octanol–water partition coefficient (Wildman–Crippen LogP) is 1.96. The van der Waals surface area contributed by atoms with Gasteiger partial charge in [0.15, 0.2) is 0 Å². The summed E-state index contributed by atoms with van der Waals surface area (Å²) in [5.41, 5.74) is 0. The molecular formula is C13H22F2N2. The Morgan fingerprint density at radius 2 is 1.88 bits per heavy atom. The molecule has 2 saturated heterocycles. The maximum atomic E-state index is 13.3. The van der Waals surface area contributed by atoms with Crippen LogP contribution in [0.1, 0.15) is 25.7 Å². The van der Waals surface area contributed by atoms with Crippen LogP contribution in [-0.2, 0) is 0 Å². The predicted molar refractivity (Wildman–Crippen MR) is 63.2 cm³/mol. The van der Waals surface area contributed by atoms with E-state index in [-0.39, 0.29) is 18.8 Å². The molecule has 0 spiro atoms. The van der Waals surface area contributed by atoms with Gasteiger partial charge in [-0.15, -0.1) is 0 Å². The molecule has 0 aromatic rings. The second-order valence-electron chi connectivity index (χ2n) is 6.22. The molecule has 1 saturated carbocycles. The lowest BCUT2D eigenvalue weighted by atomic mass is 9.86. The first kappa shape index (κ1) is 11.8. The summed E-state index contributed by atoms with van der Waals surface area (Å²) < 4.78 is 26.7. The highest BCUT2D eigenvalue weighted by Gasteiger charge is 2.40. The minimum absolute atomic E-state index is 0.110. The van der Waals surface area contributed by atoms with Gasteiger partial charge in [0.05, 0.1) is 0 Å². The number of hydrogen-bond donors (Lipinski definition) is 1. The van der Waals surface area contributed by atoms with Crippen LogP contribution in [0.4, 0.5) is 8.78 Å². The minimum atomic E-state index is -2.39. The second-order valence-corrected chi connectivity index (χ2v) is 6.22. The van der Waals surface area contributed by atoms with Gasteiger partial charge in [-0.05, 0) is 43.7 Å². The molecule has 2 heterocycles. The summed E-state index contributed by atoms with van der Waals surface area (Å²) in [4.78, 5) is 2.43. The zero-order valence-electron chi connectivity index (χ0n) is 10.3. The van der Waals surface area contributed by atoms with Crippen molar-refractivity contribution in [3.05, 3.63) is 0 Å². The van der Waals surface area contributed by atoms with Crippen LogP contribution in [0.2, 0.25) is 0 Å². The van der Waals surface area contributed by atoms with E-state index in [0.29, 0.717) is 6.42 Å². The molecule has 1 unspecified atom stereocenters. The van der Waals surface area contributed by atoms with Crippen molar-refractivity contribution in [2.45, 2.75) is 31.6 Å². The molecule has 2 nitrogen and oxygen atoms in total. The first-order valence-corrected chi connectivity index (χ1v) is 6.93. The number of hydrogen-bond acceptors (Lipinski definition) is 2. The quantitative estimate of drug-likeness (QED) is 0.799. The van der Waals surface area contributed by atoms with E-state index in [2.05, 4.69) is 10.2 Å². The summed E-state index contributed by atoms with van der Waals surface area (Å²) in [5.74, 6) is -0.608. The normalized spacial score (nSPS) is 41.6. The van der Waals surface area contributed by atoms with E-state index in [1.54, 1.807) is 0 Å². The van der Waals surface area contributed by atoms with E-state index in [0.717, 1.165) is 51.0 Å². The van der Waals surface area contributed by atoms with Crippen LogP contribution < -0.4 is 5.32 Å². The van der Waals surface area contributed by atoms with Gasteiger partial charge in [0.1, 0.15) is 0 Å². The Kier molecular flexibility index (Phi) is 3.11. The van der Waals surface area contributed by atoms with Gasteiger partial charge in [-0.2, -0.15) is 0 Å². The van der Waals surface area contributed by atoms with Crippen molar-refractivity contribution in [2.75, 3.05) is 32.7 Å². The van der Waals surface area contributed by atoms with Crippen LogP contribution in [0.3, 0.4) is 0 Å². The molecule has 0 bridgehead atoms. The Labute approximate surface area is 102 Å². The molecule has 0 radical (unpaired) electrons. The molecule has 3 atom stereocenters. The van der Waals surface area contributed by atoms with Gasteiger partial charge in [-0.1, -0.05) is 0 Å². The average molecular weight is 244 g/mol. The van der Waals surface area contributed by atoms with Gasteiger partial charge in [-0.3, -0.25) is 0 Å². The Morgan fingerprint density at radius 3 is 2.53 bits per heavy atom. The van der Waals surface area contributed by atoms with Crippen molar-refractivity contribution >= 4 is 0 Å². The van der Waals surface area contributed by atoms with Crippen molar-refractivity contribution < 1.29 is 8.78 Å². The topological polar surface area (TPSA) is 15.3 Å². The van der Waals surface area contributed by atoms with Gasteiger partial charge in [0.25, 0.3) is 0 Å². The molecule has 3 rings (SSSR count). The number of nitrogens with one attached hydrogen (secondary N) is 1. The molecule has 4 heteroatoms. The van der Waals surface area contributed by atoms with Crippen LogP contribution in [0.25, 0.3) is 0 Å². The largest absolute Gasteiger partial charge is 0.316 e. The fourth-order valence-corrected chi connectivity index (χ4v) is 3.90. The fraction of sp³-hybridized carbons (Fsp3) is 1.00. The Morgan fingerprint density at radius 1 is 1.18 bits per heavy atom.